The Morgan fingerprint density at radius 3 is 2.78 bits per heavy atom. The highest BCUT2D eigenvalue weighted by atomic mass is 16.5. The first-order valence-electron chi connectivity index (χ1n) is 5.51. The lowest BCUT2D eigenvalue weighted by atomic mass is 9.79. The van der Waals surface area contributed by atoms with E-state index < -0.39 is 7.12 Å². The first-order chi connectivity index (χ1) is 8.56. The molecule has 1 aromatic carbocycles. The van der Waals surface area contributed by atoms with Crippen molar-refractivity contribution in [3.63, 3.8) is 0 Å². The molecule has 18 heavy (non-hydrogen) atoms. The van der Waals surface area contributed by atoms with Gasteiger partial charge in [-0.15, -0.1) is 5.10 Å². The van der Waals surface area contributed by atoms with Crippen LogP contribution in [0.25, 0.3) is 0 Å². The topological polar surface area (TPSA) is 80.4 Å². The standard InChI is InChI=1S/C11H14BN3O3/c1-8-3-4-11(10(5-8)12(16)17)18-7-9-6-15(2)14-13-9/h3-6,16-17H,7H2,1-2H3. The molecule has 2 N–H and O–H groups in total. The van der Waals surface area contributed by atoms with E-state index in [0.29, 0.717) is 16.9 Å². The highest BCUT2D eigenvalue weighted by Gasteiger charge is 2.17. The molecule has 0 fully saturated rings. The highest BCUT2D eigenvalue weighted by Crippen LogP contribution is 2.11. The lowest BCUT2D eigenvalue weighted by molar-refractivity contribution is 0.301. The molecule has 0 radical (unpaired) electrons. The molecule has 0 amide bonds. The van der Waals surface area contributed by atoms with Gasteiger partial charge in [0.25, 0.3) is 0 Å². The molecule has 0 bridgehead atoms. The average molecular weight is 247 g/mol. The summed E-state index contributed by atoms with van der Waals surface area (Å²) in [7, 11) is 0.215. The summed E-state index contributed by atoms with van der Waals surface area (Å²) >= 11 is 0. The number of hydrogen-bond acceptors (Lipinski definition) is 5. The van der Waals surface area contributed by atoms with Crippen LogP contribution in [0.15, 0.2) is 24.4 Å². The fourth-order valence-electron chi connectivity index (χ4n) is 1.61. The van der Waals surface area contributed by atoms with Gasteiger partial charge in [-0.3, -0.25) is 4.68 Å². The number of aromatic nitrogens is 3. The number of benzene rings is 1. The molecule has 0 unspecified atom stereocenters. The van der Waals surface area contributed by atoms with Crippen LogP contribution in [0.2, 0.25) is 0 Å². The minimum Gasteiger partial charge on any atom is -0.488 e. The third kappa shape index (κ3) is 2.88. The molecule has 1 aromatic heterocycles. The van der Waals surface area contributed by atoms with E-state index >= 15 is 0 Å². The van der Waals surface area contributed by atoms with Crippen LogP contribution in [0.5, 0.6) is 5.75 Å². The van der Waals surface area contributed by atoms with Crippen LogP contribution in [0.4, 0.5) is 0 Å². The third-order valence-corrected chi connectivity index (χ3v) is 2.47. The summed E-state index contributed by atoms with van der Waals surface area (Å²) in [4.78, 5) is 0. The molecule has 0 aliphatic carbocycles. The molecule has 1 heterocycles. The minimum atomic E-state index is -1.55. The van der Waals surface area contributed by atoms with Gasteiger partial charge in [-0.05, 0) is 13.0 Å². The normalized spacial score (nSPS) is 10.4. The van der Waals surface area contributed by atoms with Gasteiger partial charge in [0, 0.05) is 12.5 Å². The molecule has 0 aliphatic rings. The Morgan fingerprint density at radius 2 is 2.17 bits per heavy atom. The van der Waals surface area contributed by atoms with E-state index in [0.717, 1.165) is 5.56 Å². The van der Waals surface area contributed by atoms with E-state index in [-0.39, 0.29) is 6.61 Å². The van der Waals surface area contributed by atoms with Crippen LogP contribution < -0.4 is 10.2 Å². The number of ether oxygens (including phenoxy) is 1. The first kappa shape index (κ1) is 12.6. The molecule has 0 saturated carbocycles. The quantitative estimate of drug-likeness (QED) is 0.704. The van der Waals surface area contributed by atoms with Gasteiger partial charge in [0.15, 0.2) is 0 Å². The number of nitrogens with zero attached hydrogens (tertiary/aromatic N) is 3. The second-order valence-corrected chi connectivity index (χ2v) is 4.09. The van der Waals surface area contributed by atoms with Gasteiger partial charge in [-0.25, -0.2) is 0 Å². The molecule has 7 heteroatoms. The van der Waals surface area contributed by atoms with Crippen molar-refractivity contribution in [1.82, 2.24) is 15.0 Å². The van der Waals surface area contributed by atoms with E-state index in [9.17, 15) is 10.0 Å². The number of hydrogen-bond donors (Lipinski definition) is 2. The Kier molecular flexibility index (Phi) is 3.64. The zero-order valence-electron chi connectivity index (χ0n) is 10.2. The molecular weight excluding hydrogens is 233 g/mol. The predicted molar refractivity (Wildman–Crippen MR) is 66.3 cm³/mol. The van der Waals surface area contributed by atoms with E-state index in [1.54, 1.807) is 30.1 Å². The van der Waals surface area contributed by atoms with Crippen molar-refractivity contribution in [2.24, 2.45) is 7.05 Å². The van der Waals surface area contributed by atoms with Gasteiger partial charge < -0.3 is 14.8 Å². The van der Waals surface area contributed by atoms with E-state index in [1.807, 2.05) is 13.0 Å². The monoisotopic (exact) mass is 247 g/mol. The van der Waals surface area contributed by atoms with Gasteiger partial charge in [0.05, 0.1) is 6.20 Å². The van der Waals surface area contributed by atoms with Crippen molar-refractivity contribution in [3.8, 4) is 5.75 Å². The molecule has 0 spiro atoms. The maximum absolute atomic E-state index is 9.27. The lowest BCUT2D eigenvalue weighted by Crippen LogP contribution is -2.31. The van der Waals surface area contributed by atoms with Crippen LogP contribution >= 0.6 is 0 Å². The molecule has 2 aromatic rings. The van der Waals surface area contributed by atoms with Crippen LogP contribution in [-0.4, -0.2) is 32.2 Å². The Hall–Kier alpha value is -1.86. The van der Waals surface area contributed by atoms with E-state index in [4.69, 9.17) is 4.74 Å². The maximum atomic E-state index is 9.27. The van der Waals surface area contributed by atoms with Crippen molar-refractivity contribution in [3.05, 3.63) is 35.7 Å². The van der Waals surface area contributed by atoms with Gasteiger partial charge in [-0.1, -0.05) is 22.9 Å². The first-order valence-corrected chi connectivity index (χ1v) is 5.51. The van der Waals surface area contributed by atoms with Crippen molar-refractivity contribution in [2.75, 3.05) is 0 Å². The predicted octanol–water partition coefficient (Wildman–Crippen LogP) is -0.618. The number of aryl methyl sites for hydroxylation is 2. The van der Waals surface area contributed by atoms with Crippen molar-refractivity contribution >= 4 is 12.6 Å². The van der Waals surface area contributed by atoms with Crippen LogP contribution in [0, 0.1) is 6.92 Å². The second-order valence-electron chi connectivity index (χ2n) is 4.09. The van der Waals surface area contributed by atoms with Crippen LogP contribution in [0.3, 0.4) is 0 Å². The van der Waals surface area contributed by atoms with Crippen molar-refractivity contribution in [1.29, 1.82) is 0 Å². The smallest absolute Gasteiger partial charge is 0.488 e. The van der Waals surface area contributed by atoms with Crippen LogP contribution in [-0.2, 0) is 13.7 Å². The molecule has 0 saturated heterocycles. The highest BCUT2D eigenvalue weighted by molar-refractivity contribution is 6.59. The Bertz CT molecular complexity index is 542. The molecule has 0 atom stereocenters. The van der Waals surface area contributed by atoms with E-state index in [2.05, 4.69) is 10.3 Å². The summed E-state index contributed by atoms with van der Waals surface area (Å²) in [6.45, 7) is 2.11. The Labute approximate surface area is 105 Å². The van der Waals surface area contributed by atoms with E-state index in [1.165, 1.54) is 0 Å². The van der Waals surface area contributed by atoms with Gasteiger partial charge in [-0.2, -0.15) is 0 Å². The zero-order chi connectivity index (χ0) is 13.1. The lowest BCUT2D eigenvalue weighted by Gasteiger charge is -2.10. The molecule has 94 valence electrons. The molecule has 2 rings (SSSR count). The largest absolute Gasteiger partial charge is 0.492 e. The number of rotatable bonds is 4. The van der Waals surface area contributed by atoms with Crippen LogP contribution in [0.1, 0.15) is 11.3 Å². The third-order valence-electron chi connectivity index (χ3n) is 2.47. The summed E-state index contributed by atoms with van der Waals surface area (Å²) in [6, 6.07) is 5.23. The van der Waals surface area contributed by atoms with Gasteiger partial charge >= 0.3 is 7.12 Å². The summed E-state index contributed by atoms with van der Waals surface area (Å²) in [6.07, 6.45) is 1.74. The second kappa shape index (κ2) is 5.20. The summed E-state index contributed by atoms with van der Waals surface area (Å²) in [5.41, 5.74) is 1.96. The average Bonchev–Trinajstić information content (AvgIpc) is 2.73. The summed E-state index contributed by atoms with van der Waals surface area (Å²) in [5, 5.41) is 26.2. The van der Waals surface area contributed by atoms with Crippen molar-refractivity contribution < 1.29 is 14.8 Å². The molecule has 0 aliphatic heterocycles. The fraction of sp³-hybridized carbons (Fsp3) is 0.273. The van der Waals surface area contributed by atoms with Gasteiger partial charge in [0.2, 0.25) is 0 Å². The SMILES string of the molecule is Cc1ccc(OCc2cn(C)nn2)c(B(O)O)c1. The maximum Gasteiger partial charge on any atom is 0.492 e. The Balaban J connectivity index is 2.13. The minimum absolute atomic E-state index is 0.233. The zero-order valence-corrected chi connectivity index (χ0v) is 10.2. The molecule has 6 nitrogen and oxygen atoms in total. The van der Waals surface area contributed by atoms with Gasteiger partial charge in [0.1, 0.15) is 18.1 Å². The van der Waals surface area contributed by atoms with Crippen molar-refractivity contribution in [2.45, 2.75) is 13.5 Å². The summed E-state index contributed by atoms with van der Waals surface area (Å²) < 4.78 is 7.10. The summed E-state index contributed by atoms with van der Waals surface area (Å²) in [5.74, 6) is 0.432. The molecular formula is C11H14BN3O3. The fourth-order valence-corrected chi connectivity index (χ4v) is 1.61. The Morgan fingerprint density at radius 1 is 1.39 bits per heavy atom.